The summed E-state index contributed by atoms with van der Waals surface area (Å²) in [6.07, 6.45) is 10.2. The fraction of sp³-hybridized carbons (Fsp3) is 0.733. The summed E-state index contributed by atoms with van der Waals surface area (Å²) in [6.45, 7) is 10.3. The van der Waals surface area contributed by atoms with Crippen molar-refractivity contribution in [2.45, 2.75) is 97.6 Å². The van der Waals surface area contributed by atoms with Crippen LogP contribution in [-0.2, 0) is 28.5 Å². The molecule has 1 saturated heterocycles. The van der Waals surface area contributed by atoms with Gasteiger partial charge in [0.1, 0.15) is 12.2 Å². The predicted octanol–water partition coefficient (Wildman–Crippen LogP) is 5.97. The number of hydrogen-bond acceptors (Lipinski definition) is 6. The van der Waals surface area contributed by atoms with E-state index in [1.807, 2.05) is 33.8 Å². The molecular formula is C30H43ClO6. The van der Waals surface area contributed by atoms with Gasteiger partial charge in [0.25, 0.3) is 0 Å². The molecule has 1 aliphatic heterocycles. The first-order chi connectivity index (χ1) is 17.6. The zero-order valence-corrected chi connectivity index (χ0v) is 23.8. The van der Waals surface area contributed by atoms with Gasteiger partial charge < -0.3 is 18.9 Å². The molecule has 3 aliphatic rings. The molecule has 0 N–H and O–H groups in total. The maximum Gasteiger partial charge on any atom is 0.332 e. The van der Waals surface area contributed by atoms with E-state index in [0.29, 0.717) is 24.9 Å². The fourth-order valence-corrected chi connectivity index (χ4v) is 5.79. The minimum atomic E-state index is -0.514. The number of carbonyl (C=O) groups is 2. The summed E-state index contributed by atoms with van der Waals surface area (Å²) in [6, 6.07) is 0. The number of ether oxygens (including phenoxy) is 4. The third-order valence-corrected chi connectivity index (χ3v) is 7.52. The largest absolute Gasteiger partial charge is 0.458 e. The zero-order chi connectivity index (χ0) is 27.0. The molecule has 0 spiro atoms. The molecule has 6 atom stereocenters. The normalized spacial score (nSPS) is 28.6. The second-order valence-electron chi connectivity index (χ2n) is 11.4. The van der Waals surface area contributed by atoms with Gasteiger partial charge in [-0.1, -0.05) is 36.2 Å². The highest BCUT2D eigenvalue weighted by Gasteiger charge is 2.46. The second kappa shape index (κ2) is 13.9. The zero-order valence-electron chi connectivity index (χ0n) is 23.0. The molecule has 2 aliphatic carbocycles. The van der Waals surface area contributed by atoms with Gasteiger partial charge in [-0.15, -0.1) is 11.8 Å². The van der Waals surface area contributed by atoms with E-state index in [0.717, 1.165) is 45.1 Å². The number of fused-ring (bicyclic) bond motifs is 1. The summed E-state index contributed by atoms with van der Waals surface area (Å²) in [5.74, 6) is 5.88. The van der Waals surface area contributed by atoms with Gasteiger partial charge in [0.2, 0.25) is 0 Å². The first kappa shape index (κ1) is 29.9. The van der Waals surface area contributed by atoms with Crippen LogP contribution in [0.15, 0.2) is 22.8 Å². The molecule has 0 bridgehead atoms. The highest BCUT2D eigenvalue weighted by atomic mass is 35.5. The Labute approximate surface area is 227 Å². The molecule has 7 heteroatoms. The number of esters is 1. The van der Waals surface area contributed by atoms with Crippen molar-refractivity contribution in [3.8, 4) is 11.8 Å². The highest BCUT2D eigenvalue weighted by molar-refractivity contribution is 6.42. The Morgan fingerprint density at radius 3 is 2.76 bits per heavy atom. The number of rotatable bonds is 11. The first-order valence-electron chi connectivity index (χ1n) is 13.6. The SMILES string of the molecule is CC#CCC(C)C(=O)C(Cl)=CC1C(OC2CCCCO2)CC2C=C(CCOCC(=O)OC(C)(C)C)CC21. The smallest absolute Gasteiger partial charge is 0.332 e. The van der Waals surface area contributed by atoms with Crippen LogP contribution in [0.25, 0.3) is 0 Å². The number of ketones is 1. The maximum absolute atomic E-state index is 12.9. The van der Waals surface area contributed by atoms with Crippen molar-refractivity contribution in [3.63, 3.8) is 0 Å². The Morgan fingerprint density at radius 1 is 1.30 bits per heavy atom. The summed E-state index contributed by atoms with van der Waals surface area (Å²) in [5.41, 5.74) is 0.804. The van der Waals surface area contributed by atoms with E-state index in [1.165, 1.54) is 5.57 Å². The molecule has 37 heavy (non-hydrogen) atoms. The lowest BCUT2D eigenvalue weighted by Crippen LogP contribution is -2.31. The number of hydrogen-bond donors (Lipinski definition) is 0. The van der Waals surface area contributed by atoms with E-state index >= 15 is 0 Å². The third-order valence-electron chi connectivity index (χ3n) is 7.20. The molecule has 1 heterocycles. The summed E-state index contributed by atoms with van der Waals surface area (Å²) in [5, 5.41) is 0.281. The molecule has 0 aromatic carbocycles. The predicted molar refractivity (Wildman–Crippen MR) is 144 cm³/mol. The number of halogens is 1. The van der Waals surface area contributed by atoms with Crippen LogP contribution < -0.4 is 0 Å². The van der Waals surface area contributed by atoms with E-state index in [9.17, 15) is 9.59 Å². The molecule has 2 fully saturated rings. The molecule has 1 saturated carbocycles. The Bertz CT molecular complexity index is 915. The minimum Gasteiger partial charge on any atom is -0.458 e. The van der Waals surface area contributed by atoms with Crippen LogP contribution in [-0.4, -0.2) is 49.6 Å². The summed E-state index contributed by atoms with van der Waals surface area (Å²) in [4.78, 5) is 24.8. The summed E-state index contributed by atoms with van der Waals surface area (Å²) < 4.78 is 23.2. The minimum absolute atomic E-state index is 0.0351. The average Bonchev–Trinajstić information content (AvgIpc) is 3.37. The molecule has 206 valence electrons. The van der Waals surface area contributed by atoms with Crippen molar-refractivity contribution in [1.29, 1.82) is 0 Å². The lowest BCUT2D eigenvalue weighted by molar-refractivity contribution is -0.192. The van der Waals surface area contributed by atoms with E-state index in [4.69, 9.17) is 30.5 Å². The molecule has 3 rings (SSSR count). The Kier molecular flexibility index (Phi) is 11.3. The van der Waals surface area contributed by atoms with Crippen LogP contribution in [0, 0.1) is 35.5 Å². The Hall–Kier alpha value is -1.65. The van der Waals surface area contributed by atoms with Crippen molar-refractivity contribution < 1.29 is 28.5 Å². The monoisotopic (exact) mass is 534 g/mol. The lowest BCUT2D eigenvalue weighted by atomic mass is 9.88. The van der Waals surface area contributed by atoms with E-state index in [1.54, 1.807) is 6.92 Å². The number of allylic oxidation sites excluding steroid dienone is 2. The van der Waals surface area contributed by atoms with Gasteiger partial charge in [-0.3, -0.25) is 4.79 Å². The molecule has 0 aromatic rings. The van der Waals surface area contributed by atoms with Crippen LogP contribution in [0.4, 0.5) is 0 Å². The summed E-state index contributed by atoms with van der Waals surface area (Å²) in [7, 11) is 0. The standard InChI is InChI=1S/C30H43ClO6/c1-6-7-10-20(2)29(33)25(31)18-24-23-16-21(12-14-34-19-27(32)37-30(3,4)5)15-22(23)17-26(24)36-28-11-8-9-13-35-28/h15,18,20,22-24,26,28H,8-14,16-17,19H2,1-5H3. The van der Waals surface area contributed by atoms with Crippen LogP contribution in [0.2, 0.25) is 0 Å². The molecule has 6 unspecified atom stereocenters. The van der Waals surface area contributed by atoms with Crippen LogP contribution in [0.5, 0.6) is 0 Å². The van der Waals surface area contributed by atoms with Gasteiger partial charge in [-0.25, -0.2) is 4.79 Å². The Balaban J connectivity index is 1.62. The van der Waals surface area contributed by atoms with Gasteiger partial charge in [0.05, 0.1) is 17.7 Å². The number of Topliss-reactive ketones (excluding diaryl/α,β-unsaturated/α-hetero) is 1. The van der Waals surface area contributed by atoms with E-state index < -0.39 is 5.60 Å². The molecule has 0 aromatic heterocycles. The van der Waals surface area contributed by atoms with Gasteiger partial charge in [0.15, 0.2) is 12.1 Å². The maximum atomic E-state index is 12.9. The molecule has 6 nitrogen and oxygen atoms in total. The summed E-state index contributed by atoms with van der Waals surface area (Å²) >= 11 is 6.59. The molecular weight excluding hydrogens is 492 g/mol. The number of carbonyl (C=O) groups excluding carboxylic acids is 2. The van der Waals surface area contributed by atoms with Crippen molar-refractivity contribution in [2.24, 2.45) is 23.7 Å². The van der Waals surface area contributed by atoms with Gasteiger partial charge in [0, 0.05) is 24.9 Å². The van der Waals surface area contributed by atoms with Gasteiger partial charge in [-0.2, -0.15) is 0 Å². The average molecular weight is 535 g/mol. The highest BCUT2D eigenvalue weighted by Crippen LogP contribution is 2.50. The van der Waals surface area contributed by atoms with Crippen molar-refractivity contribution in [3.05, 3.63) is 22.8 Å². The van der Waals surface area contributed by atoms with Crippen LogP contribution in [0.1, 0.15) is 79.6 Å². The van der Waals surface area contributed by atoms with Gasteiger partial charge >= 0.3 is 5.97 Å². The quantitative estimate of drug-likeness (QED) is 0.107. The van der Waals surface area contributed by atoms with E-state index in [2.05, 4.69) is 17.9 Å². The second-order valence-corrected chi connectivity index (χ2v) is 11.8. The van der Waals surface area contributed by atoms with Crippen molar-refractivity contribution >= 4 is 23.4 Å². The van der Waals surface area contributed by atoms with Gasteiger partial charge in [-0.05, 0) is 78.1 Å². The third kappa shape index (κ3) is 9.25. The van der Waals surface area contributed by atoms with Crippen molar-refractivity contribution in [1.82, 2.24) is 0 Å². The van der Waals surface area contributed by atoms with E-state index in [-0.39, 0.29) is 47.6 Å². The van der Waals surface area contributed by atoms with Crippen LogP contribution >= 0.6 is 11.6 Å². The molecule has 0 amide bonds. The fourth-order valence-electron chi connectivity index (χ4n) is 5.45. The Morgan fingerprint density at radius 2 is 2.08 bits per heavy atom. The topological polar surface area (TPSA) is 71.1 Å². The molecule has 0 radical (unpaired) electrons. The first-order valence-corrected chi connectivity index (χ1v) is 14.0. The van der Waals surface area contributed by atoms with Crippen LogP contribution in [0.3, 0.4) is 0 Å². The lowest BCUT2D eigenvalue weighted by Gasteiger charge is -2.29. The van der Waals surface area contributed by atoms with Crippen molar-refractivity contribution in [2.75, 3.05) is 19.8 Å².